The van der Waals surface area contributed by atoms with Crippen LogP contribution in [0.5, 0.6) is 0 Å². The molecular weight excluding hydrogens is 274 g/mol. The van der Waals surface area contributed by atoms with Crippen molar-refractivity contribution < 1.29 is 14.7 Å². The van der Waals surface area contributed by atoms with Crippen molar-refractivity contribution in [3.05, 3.63) is 21.4 Å². The van der Waals surface area contributed by atoms with E-state index in [0.29, 0.717) is 6.42 Å². The van der Waals surface area contributed by atoms with E-state index >= 15 is 0 Å². The molecule has 1 aromatic rings. The molecule has 1 amide bonds. The number of carboxylic acid groups (broad SMARTS) is 1. The predicted molar refractivity (Wildman–Crippen MR) is 81.1 cm³/mol. The lowest BCUT2D eigenvalue weighted by Crippen LogP contribution is -2.44. The molecule has 0 aliphatic heterocycles. The van der Waals surface area contributed by atoms with Crippen molar-refractivity contribution >= 4 is 23.2 Å². The Morgan fingerprint density at radius 3 is 2.45 bits per heavy atom. The number of aliphatic carboxylic acids is 1. The first-order valence-electron chi connectivity index (χ1n) is 6.89. The molecule has 0 spiro atoms. The van der Waals surface area contributed by atoms with Crippen LogP contribution in [-0.2, 0) is 16.0 Å². The summed E-state index contributed by atoms with van der Waals surface area (Å²) in [5.74, 6) is -1.27. The van der Waals surface area contributed by atoms with Crippen molar-refractivity contribution in [2.75, 3.05) is 0 Å². The summed E-state index contributed by atoms with van der Waals surface area (Å²) in [5, 5.41) is 11.6. The number of rotatable bonds is 7. The molecule has 0 fully saturated rings. The second kappa shape index (κ2) is 7.43. The van der Waals surface area contributed by atoms with Crippen LogP contribution in [0, 0.1) is 19.8 Å². The monoisotopic (exact) mass is 297 g/mol. The minimum atomic E-state index is -0.974. The minimum absolute atomic E-state index is 0.113. The highest BCUT2D eigenvalue weighted by Crippen LogP contribution is 2.22. The minimum Gasteiger partial charge on any atom is -0.480 e. The molecule has 20 heavy (non-hydrogen) atoms. The summed E-state index contributed by atoms with van der Waals surface area (Å²) in [6.45, 7) is 7.74. The summed E-state index contributed by atoms with van der Waals surface area (Å²) >= 11 is 1.77. The first-order valence-corrected chi connectivity index (χ1v) is 7.71. The Morgan fingerprint density at radius 2 is 2.00 bits per heavy atom. The summed E-state index contributed by atoms with van der Waals surface area (Å²) in [5.41, 5.74) is 1.29. The van der Waals surface area contributed by atoms with Crippen molar-refractivity contribution in [2.45, 2.75) is 53.0 Å². The van der Waals surface area contributed by atoms with Gasteiger partial charge in [0.2, 0.25) is 5.91 Å². The molecule has 0 aliphatic carbocycles. The van der Waals surface area contributed by atoms with E-state index in [2.05, 4.69) is 25.2 Å². The molecule has 0 saturated heterocycles. The molecule has 0 radical (unpaired) electrons. The zero-order valence-corrected chi connectivity index (χ0v) is 13.3. The molecule has 0 saturated carbocycles. The summed E-state index contributed by atoms with van der Waals surface area (Å²) in [7, 11) is 0. The maximum Gasteiger partial charge on any atom is 0.326 e. The Bertz CT molecular complexity index is 479. The van der Waals surface area contributed by atoms with Gasteiger partial charge in [0.1, 0.15) is 6.04 Å². The molecule has 112 valence electrons. The van der Waals surface area contributed by atoms with Crippen LogP contribution < -0.4 is 5.32 Å². The maximum absolute atomic E-state index is 11.8. The third-order valence-corrected chi connectivity index (χ3v) is 4.25. The van der Waals surface area contributed by atoms with Crippen LogP contribution in [-0.4, -0.2) is 23.0 Å². The summed E-state index contributed by atoms with van der Waals surface area (Å²) in [6.07, 6.45) is 1.97. The average molecular weight is 297 g/mol. The molecule has 4 nitrogen and oxygen atoms in total. The van der Waals surface area contributed by atoms with E-state index in [4.69, 9.17) is 5.11 Å². The maximum atomic E-state index is 11.8. The Hall–Kier alpha value is -1.36. The quantitative estimate of drug-likeness (QED) is 0.813. The van der Waals surface area contributed by atoms with Crippen molar-refractivity contribution in [1.29, 1.82) is 0 Å². The number of carboxylic acids is 1. The van der Waals surface area contributed by atoms with Crippen LogP contribution in [0.25, 0.3) is 0 Å². The first-order chi connectivity index (χ1) is 9.31. The number of hydrogen-bond acceptors (Lipinski definition) is 3. The van der Waals surface area contributed by atoms with Gasteiger partial charge in [0, 0.05) is 16.2 Å². The molecule has 1 heterocycles. The van der Waals surface area contributed by atoms with Gasteiger partial charge >= 0.3 is 5.97 Å². The largest absolute Gasteiger partial charge is 0.480 e. The molecule has 0 aromatic carbocycles. The normalized spacial score (nSPS) is 12.4. The first kappa shape index (κ1) is 16.7. The van der Waals surface area contributed by atoms with Crippen LogP contribution in [0.4, 0.5) is 0 Å². The van der Waals surface area contributed by atoms with E-state index < -0.39 is 12.0 Å². The topological polar surface area (TPSA) is 66.4 Å². The highest BCUT2D eigenvalue weighted by Gasteiger charge is 2.22. The van der Waals surface area contributed by atoms with E-state index in [1.807, 2.05) is 0 Å². The molecule has 0 aliphatic rings. The van der Waals surface area contributed by atoms with Gasteiger partial charge in [0.15, 0.2) is 0 Å². The third kappa shape index (κ3) is 4.96. The molecular formula is C15H23NO3S. The fourth-order valence-electron chi connectivity index (χ4n) is 2.13. The number of aryl methyl sites for hydroxylation is 3. The summed E-state index contributed by atoms with van der Waals surface area (Å²) in [4.78, 5) is 25.4. The van der Waals surface area contributed by atoms with Crippen LogP contribution in [0.3, 0.4) is 0 Å². The number of thiophene rings is 1. The number of nitrogens with one attached hydrogen (secondary N) is 1. The van der Waals surface area contributed by atoms with E-state index in [1.54, 1.807) is 25.2 Å². The van der Waals surface area contributed by atoms with Gasteiger partial charge in [-0.05, 0) is 44.2 Å². The zero-order valence-electron chi connectivity index (χ0n) is 12.5. The standard InChI is InChI=1S/C15H23NO3S/c1-9(2)14(15(18)19)16-13(17)7-5-6-12-8-10(3)20-11(12)4/h8-9,14H,5-7H2,1-4H3,(H,16,17)(H,18,19)/t14-/m0/s1. The van der Waals surface area contributed by atoms with E-state index in [0.717, 1.165) is 12.8 Å². The van der Waals surface area contributed by atoms with Gasteiger partial charge < -0.3 is 10.4 Å². The smallest absolute Gasteiger partial charge is 0.326 e. The molecule has 0 bridgehead atoms. The highest BCUT2D eigenvalue weighted by molar-refractivity contribution is 7.12. The summed E-state index contributed by atoms with van der Waals surface area (Å²) < 4.78 is 0. The van der Waals surface area contributed by atoms with E-state index in [9.17, 15) is 9.59 Å². The lowest BCUT2D eigenvalue weighted by molar-refractivity contribution is -0.143. The predicted octanol–water partition coefficient (Wildman–Crippen LogP) is 2.91. The Balaban J connectivity index is 2.40. The number of amides is 1. The lowest BCUT2D eigenvalue weighted by Gasteiger charge is -2.17. The molecule has 0 unspecified atom stereocenters. The second-order valence-corrected chi connectivity index (χ2v) is 6.88. The lowest BCUT2D eigenvalue weighted by atomic mass is 10.0. The Kier molecular flexibility index (Phi) is 6.20. The van der Waals surface area contributed by atoms with Gasteiger partial charge in [0.05, 0.1) is 0 Å². The van der Waals surface area contributed by atoms with Crippen LogP contribution in [0.15, 0.2) is 6.07 Å². The fraction of sp³-hybridized carbons (Fsp3) is 0.600. The van der Waals surface area contributed by atoms with Crippen molar-refractivity contribution in [3.8, 4) is 0 Å². The second-order valence-electron chi connectivity index (χ2n) is 5.42. The van der Waals surface area contributed by atoms with Crippen molar-refractivity contribution in [3.63, 3.8) is 0 Å². The van der Waals surface area contributed by atoms with Gasteiger partial charge in [-0.3, -0.25) is 4.79 Å². The molecule has 5 heteroatoms. The average Bonchev–Trinajstić information content (AvgIpc) is 2.64. The van der Waals surface area contributed by atoms with Gasteiger partial charge in [-0.2, -0.15) is 0 Å². The van der Waals surface area contributed by atoms with Crippen molar-refractivity contribution in [1.82, 2.24) is 5.32 Å². The zero-order chi connectivity index (χ0) is 15.3. The van der Waals surface area contributed by atoms with E-state index in [1.165, 1.54) is 15.3 Å². The van der Waals surface area contributed by atoms with E-state index in [-0.39, 0.29) is 11.8 Å². The van der Waals surface area contributed by atoms with Crippen LogP contribution >= 0.6 is 11.3 Å². The number of hydrogen-bond donors (Lipinski definition) is 2. The Morgan fingerprint density at radius 1 is 1.35 bits per heavy atom. The molecule has 1 atom stereocenters. The van der Waals surface area contributed by atoms with Crippen molar-refractivity contribution in [2.24, 2.45) is 5.92 Å². The van der Waals surface area contributed by atoms with Gasteiger partial charge in [-0.15, -0.1) is 11.3 Å². The number of carbonyl (C=O) groups excluding carboxylic acids is 1. The molecule has 1 aromatic heterocycles. The third-order valence-electron chi connectivity index (χ3n) is 3.24. The fourth-order valence-corrected chi connectivity index (χ4v) is 3.11. The Labute approximate surface area is 124 Å². The summed E-state index contributed by atoms with van der Waals surface area (Å²) in [6, 6.07) is 1.36. The van der Waals surface area contributed by atoms with Gasteiger partial charge in [0.25, 0.3) is 0 Å². The highest BCUT2D eigenvalue weighted by atomic mass is 32.1. The van der Waals surface area contributed by atoms with Crippen LogP contribution in [0.2, 0.25) is 0 Å². The van der Waals surface area contributed by atoms with Gasteiger partial charge in [-0.25, -0.2) is 4.79 Å². The number of carbonyl (C=O) groups is 2. The SMILES string of the molecule is Cc1cc(CCCC(=O)N[C@H](C(=O)O)C(C)C)c(C)s1. The molecule has 2 N–H and O–H groups in total. The molecule has 1 rings (SSSR count). The van der Waals surface area contributed by atoms with Gasteiger partial charge in [-0.1, -0.05) is 13.8 Å². The van der Waals surface area contributed by atoms with Crippen LogP contribution in [0.1, 0.15) is 42.0 Å².